The number of hydrogen-bond donors (Lipinski definition) is 1. The van der Waals surface area contributed by atoms with Crippen molar-refractivity contribution in [2.45, 2.75) is 12.3 Å². The molecule has 1 aliphatic heterocycles. The highest BCUT2D eigenvalue weighted by Crippen LogP contribution is 2.40. The molecule has 1 heterocycles. The normalized spacial score (nSPS) is 17.8. The number of carbonyl (C=O) groups excluding carboxylic acids is 2. The fourth-order valence-corrected chi connectivity index (χ4v) is 4.23. The summed E-state index contributed by atoms with van der Waals surface area (Å²) in [7, 11) is 4.81. The van der Waals surface area contributed by atoms with E-state index in [2.05, 4.69) is 5.32 Å². The summed E-state index contributed by atoms with van der Waals surface area (Å²) < 4.78 is 16.0. The van der Waals surface area contributed by atoms with E-state index in [4.69, 9.17) is 25.8 Å². The summed E-state index contributed by atoms with van der Waals surface area (Å²) >= 11 is 6.08. The molecule has 2 aromatic carbocycles. The van der Waals surface area contributed by atoms with Crippen molar-refractivity contribution in [1.29, 1.82) is 0 Å². The predicted octanol–water partition coefficient (Wildman–Crippen LogP) is 3.37. The second kappa shape index (κ2) is 11.2. The third kappa shape index (κ3) is 5.53. The van der Waals surface area contributed by atoms with Crippen LogP contribution in [0.2, 0.25) is 5.02 Å². The number of nitrogens with one attached hydrogen (secondary N) is 1. The molecular weight excluding hydrogens is 432 g/mol. The molecule has 1 saturated heterocycles. The van der Waals surface area contributed by atoms with Crippen LogP contribution in [0.1, 0.15) is 28.3 Å². The van der Waals surface area contributed by atoms with Crippen LogP contribution >= 0.6 is 11.6 Å². The Morgan fingerprint density at radius 3 is 2.59 bits per heavy atom. The molecule has 1 fully saturated rings. The fourth-order valence-electron chi connectivity index (χ4n) is 4.04. The summed E-state index contributed by atoms with van der Waals surface area (Å²) in [5.41, 5.74) is 1.33. The highest BCUT2D eigenvalue weighted by Gasteiger charge is 2.41. The maximum atomic E-state index is 13.2. The zero-order valence-electron chi connectivity index (χ0n) is 18.6. The molecule has 2 atom stereocenters. The molecule has 0 aromatic heterocycles. The molecule has 172 valence electrons. The van der Waals surface area contributed by atoms with Gasteiger partial charge in [0.05, 0.1) is 20.1 Å². The number of likely N-dealkylation sites (tertiary alicyclic amines) is 1. The molecule has 0 saturated carbocycles. The molecule has 1 aliphatic rings. The number of amides is 2. The molecule has 0 spiro atoms. The van der Waals surface area contributed by atoms with E-state index in [1.54, 1.807) is 50.5 Å². The zero-order chi connectivity index (χ0) is 23.1. The van der Waals surface area contributed by atoms with Crippen LogP contribution in [-0.4, -0.2) is 64.3 Å². The van der Waals surface area contributed by atoms with Crippen LogP contribution in [0.4, 0.5) is 0 Å². The van der Waals surface area contributed by atoms with E-state index in [0.29, 0.717) is 54.7 Å². The number of ether oxygens (including phenoxy) is 3. The lowest BCUT2D eigenvalue weighted by molar-refractivity contribution is -0.125. The van der Waals surface area contributed by atoms with Gasteiger partial charge in [0.2, 0.25) is 5.91 Å². The zero-order valence-corrected chi connectivity index (χ0v) is 19.4. The van der Waals surface area contributed by atoms with Gasteiger partial charge < -0.3 is 24.4 Å². The molecule has 1 N–H and O–H groups in total. The first-order valence-electron chi connectivity index (χ1n) is 10.5. The van der Waals surface area contributed by atoms with Crippen molar-refractivity contribution in [3.05, 3.63) is 58.6 Å². The van der Waals surface area contributed by atoms with Gasteiger partial charge in [0.1, 0.15) is 11.5 Å². The Bertz CT molecular complexity index is 952. The van der Waals surface area contributed by atoms with Crippen molar-refractivity contribution in [3.63, 3.8) is 0 Å². The second-order valence-corrected chi connectivity index (χ2v) is 8.12. The van der Waals surface area contributed by atoms with Crippen molar-refractivity contribution >= 4 is 23.4 Å². The highest BCUT2D eigenvalue weighted by atomic mass is 35.5. The highest BCUT2D eigenvalue weighted by molar-refractivity contribution is 6.30. The van der Waals surface area contributed by atoms with Gasteiger partial charge in [-0.1, -0.05) is 17.7 Å². The van der Waals surface area contributed by atoms with Crippen LogP contribution in [0.5, 0.6) is 11.5 Å². The van der Waals surface area contributed by atoms with E-state index in [1.165, 1.54) is 0 Å². The van der Waals surface area contributed by atoms with Crippen molar-refractivity contribution in [2.75, 3.05) is 47.6 Å². The summed E-state index contributed by atoms with van der Waals surface area (Å²) in [5, 5.41) is 3.48. The van der Waals surface area contributed by atoms with Crippen molar-refractivity contribution < 1.29 is 23.8 Å². The monoisotopic (exact) mass is 460 g/mol. The second-order valence-electron chi connectivity index (χ2n) is 7.68. The van der Waals surface area contributed by atoms with Gasteiger partial charge in [-0.3, -0.25) is 9.59 Å². The molecule has 2 aromatic rings. The average Bonchev–Trinajstić information content (AvgIpc) is 3.26. The van der Waals surface area contributed by atoms with Crippen LogP contribution in [-0.2, 0) is 9.53 Å². The maximum Gasteiger partial charge on any atom is 0.253 e. The smallest absolute Gasteiger partial charge is 0.253 e. The number of benzene rings is 2. The summed E-state index contributed by atoms with van der Waals surface area (Å²) in [5.74, 6) is 0.392. The Kier molecular flexibility index (Phi) is 8.36. The largest absolute Gasteiger partial charge is 0.497 e. The minimum absolute atomic E-state index is 0.0997. The van der Waals surface area contributed by atoms with Gasteiger partial charge >= 0.3 is 0 Å². The van der Waals surface area contributed by atoms with Gasteiger partial charge in [-0.25, -0.2) is 0 Å². The predicted molar refractivity (Wildman–Crippen MR) is 123 cm³/mol. The Morgan fingerprint density at radius 1 is 1.09 bits per heavy atom. The quantitative estimate of drug-likeness (QED) is 0.580. The van der Waals surface area contributed by atoms with Crippen molar-refractivity contribution in [1.82, 2.24) is 10.2 Å². The molecule has 8 heteroatoms. The lowest BCUT2D eigenvalue weighted by Gasteiger charge is -2.21. The number of hydrogen-bond acceptors (Lipinski definition) is 5. The maximum absolute atomic E-state index is 13.2. The molecule has 32 heavy (non-hydrogen) atoms. The number of carbonyl (C=O) groups is 2. The van der Waals surface area contributed by atoms with E-state index in [9.17, 15) is 9.59 Å². The SMILES string of the molecule is COCCCNC(=O)C1CN(C(=O)c2cccc(Cl)c2)CC1c1cc(OC)ccc1OC. The van der Waals surface area contributed by atoms with Gasteiger partial charge in [-0.15, -0.1) is 0 Å². The molecular formula is C24H29ClN2O5. The Balaban J connectivity index is 1.89. The van der Waals surface area contributed by atoms with E-state index in [0.717, 1.165) is 5.56 Å². The minimum atomic E-state index is -0.429. The standard InChI is InChI=1S/C24H29ClN2O5/c1-30-11-5-10-26-23(28)21-15-27(24(29)16-6-4-7-17(25)12-16)14-20(21)19-13-18(31-2)8-9-22(19)32-3/h4,6-9,12-13,20-21H,5,10-11,14-15H2,1-3H3,(H,26,28). The molecule has 0 radical (unpaired) electrons. The fraction of sp³-hybridized carbons (Fsp3) is 0.417. The van der Waals surface area contributed by atoms with E-state index in [-0.39, 0.29) is 17.7 Å². The van der Waals surface area contributed by atoms with Crippen molar-refractivity contribution in [3.8, 4) is 11.5 Å². The third-order valence-electron chi connectivity index (χ3n) is 5.68. The summed E-state index contributed by atoms with van der Waals surface area (Å²) in [6, 6.07) is 12.4. The van der Waals surface area contributed by atoms with Gasteiger partial charge in [0, 0.05) is 55.4 Å². The topological polar surface area (TPSA) is 77.1 Å². The third-order valence-corrected chi connectivity index (χ3v) is 5.91. The van der Waals surface area contributed by atoms with Crippen LogP contribution in [0.15, 0.2) is 42.5 Å². The molecule has 7 nitrogen and oxygen atoms in total. The number of methoxy groups -OCH3 is 3. The van der Waals surface area contributed by atoms with Crippen molar-refractivity contribution in [2.24, 2.45) is 5.92 Å². The van der Waals surface area contributed by atoms with Gasteiger partial charge in [-0.2, -0.15) is 0 Å². The first kappa shape index (κ1) is 23.9. The summed E-state index contributed by atoms with van der Waals surface area (Å²) in [4.78, 5) is 28.0. The Hall–Kier alpha value is -2.77. The average molecular weight is 461 g/mol. The molecule has 2 amide bonds. The molecule has 0 bridgehead atoms. The van der Waals surface area contributed by atoms with Gasteiger partial charge in [-0.05, 0) is 42.8 Å². The number of nitrogens with zero attached hydrogens (tertiary/aromatic N) is 1. The lowest BCUT2D eigenvalue weighted by atomic mass is 9.87. The first-order chi connectivity index (χ1) is 15.5. The minimum Gasteiger partial charge on any atom is -0.497 e. The first-order valence-corrected chi connectivity index (χ1v) is 10.9. The lowest BCUT2D eigenvalue weighted by Crippen LogP contribution is -2.36. The van der Waals surface area contributed by atoms with E-state index in [1.807, 2.05) is 18.2 Å². The van der Waals surface area contributed by atoms with Crippen LogP contribution in [0, 0.1) is 5.92 Å². The van der Waals surface area contributed by atoms with Crippen LogP contribution < -0.4 is 14.8 Å². The summed E-state index contributed by atoms with van der Waals surface area (Å²) in [6.45, 7) is 1.75. The van der Waals surface area contributed by atoms with E-state index < -0.39 is 5.92 Å². The van der Waals surface area contributed by atoms with Crippen LogP contribution in [0.25, 0.3) is 0 Å². The number of rotatable bonds is 9. The molecule has 2 unspecified atom stereocenters. The number of halogens is 1. The molecule has 3 rings (SSSR count). The molecule has 0 aliphatic carbocycles. The Morgan fingerprint density at radius 2 is 1.91 bits per heavy atom. The van der Waals surface area contributed by atoms with Gasteiger partial charge in [0.25, 0.3) is 5.91 Å². The Labute approximate surface area is 193 Å². The van der Waals surface area contributed by atoms with E-state index >= 15 is 0 Å². The van der Waals surface area contributed by atoms with Gasteiger partial charge in [0.15, 0.2) is 0 Å². The van der Waals surface area contributed by atoms with Crippen LogP contribution in [0.3, 0.4) is 0 Å². The summed E-state index contributed by atoms with van der Waals surface area (Å²) in [6.07, 6.45) is 0.716.